The Balaban J connectivity index is 2.04. The molecule has 1 aliphatic heterocycles. The molecule has 0 bridgehead atoms. The van der Waals surface area contributed by atoms with Crippen LogP contribution in [0.4, 0.5) is 0 Å². The zero-order valence-corrected chi connectivity index (χ0v) is 10.2. The smallest absolute Gasteiger partial charge is 0.257 e. The van der Waals surface area contributed by atoms with Crippen molar-refractivity contribution in [3.8, 4) is 0 Å². The van der Waals surface area contributed by atoms with E-state index < -0.39 is 0 Å². The van der Waals surface area contributed by atoms with Gasteiger partial charge < -0.3 is 5.32 Å². The summed E-state index contributed by atoms with van der Waals surface area (Å²) in [4.78, 5) is 16.1. The lowest BCUT2D eigenvalue weighted by atomic mass is 10.1. The van der Waals surface area contributed by atoms with Crippen molar-refractivity contribution in [2.24, 2.45) is 4.99 Å². The van der Waals surface area contributed by atoms with Crippen molar-refractivity contribution in [2.75, 3.05) is 6.54 Å². The minimum absolute atomic E-state index is 0.0796. The third-order valence-corrected chi connectivity index (χ3v) is 3.31. The van der Waals surface area contributed by atoms with Crippen LogP contribution in [0.3, 0.4) is 0 Å². The molecule has 16 heavy (non-hydrogen) atoms. The van der Waals surface area contributed by atoms with Crippen molar-refractivity contribution in [1.82, 2.24) is 5.32 Å². The lowest BCUT2D eigenvalue weighted by molar-refractivity contribution is 0.0978. The van der Waals surface area contributed by atoms with Crippen molar-refractivity contribution >= 4 is 22.8 Å². The van der Waals surface area contributed by atoms with Crippen LogP contribution in [0.25, 0.3) is 0 Å². The first-order chi connectivity index (χ1) is 7.65. The summed E-state index contributed by atoms with van der Waals surface area (Å²) in [5.74, 6) is -0.0796. The van der Waals surface area contributed by atoms with Crippen LogP contribution in [0, 0.1) is 6.92 Å². The third kappa shape index (κ3) is 2.64. The number of aryl methyl sites for hydroxylation is 1. The average Bonchev–Trinajstić information content (AvgIpc) is 2.64. The molecule has 0 saturated heterocycles. The van der Waals surface area contributed by atoms with Gasteiger partial charge in [0.1, 0.15) is 0 Å². The number of aliphatic imine (C=N–C) groups is 1. The quantitative estimate of drug-likeness (QED) is 0.809. The topological polar surface area (TPSA) is 41.5 Å². The minimum atomic E-state index is -0.0796. The third-order valence-electron chi connectivity index (χ3n) is 2.31. The highest BCUT2D eigenvalue weighted by molar-refractivity contribution is 8.14. The van der Waals surface area contributed by atoms with E-state index in [9.17, 15) is 4.79 Å². The van der Waals surface area contributed by atoms with Gasteiger partial charge in [0.05, 0.1) is 6.54 Å². The van der Waals surface area contributed by atoms with Gasteiger partial charge in [-0.25, -0.2) is 0 Å². The highest BCUT2D eigenvalue weighted by Gasteiger charge is 2.17. The Labute approximate surface area is 99.3 Å². The van der Waals surface area contributed by atoms with Crippen molar-refractivity contribution in [3.05, 3.63) is 35.4 Å². The Morgan fingerprint density at radius 3 is 3.00 bits per heavy atom. The zero-order chi connectivity index (χ0) is 11.5. The molecule has 2 rings (SSSR count). The van der Waals surface area contributed by atoms with Gasteiger partial charge in [-0.3, -0.25) is 9.79 Å². The summed E-state index contributed by atoms with van der Waals surface area (Å²) in [6.07, 6.45) is 0. The maximum absolute atomic E-state index is 11.9. The number of carbonyl (C=O) groups is 1. The number of carbonyl (C=O) groups excluding carboxylic acids is 1. The lowest BCUT2D eigenvalue weighted by Gasteiger charge is -2.05. The zero-order valence-electron chi connectivity index (χ0n) is 9.36. The SMILES string of the molecule is Cc1cccc(C(=O)NC2=NCC(C)S2)c1. The number of hydrogen-bond donors (Lipinski definition) is 1. The number of hydrogen-bond acceptors (Lipinski definition) is 3. The average molecular weight is 234 g/mol. The van der Waals surface area contributed by atoms with Gasteiger partial charge in [0.25, 0.3) is 5.91 Å². The van der Waals surface area contributed by atoms with Crippen LogP contribution in [-0.2, 0) is 0 Å². The van der Waals surface area contributed by atoms with Crippen LogP contribution < -0.4 is 5.32 Å². The van der Waals surface area contributed by atoms with Gasteiger partial charge in [-0.2, -0.15) is 0 Å². The molecule has 1 unspecified atom stereocenters. The van der Waals surface area contributed by atoms with Crippen LogP contribution in [0.5, 0.6) is 0 Å². The van der Waals surface area contributed by atoms with E-state index in [4.69, 9.17) is 0 Å². The fourth-order valence-corrected chi connectivity index (χ4v) is 2.33. The molecule has 1 amide bonds. The molecule has 4 heteroatoms. The van der Waals surface area contributed by atoms with Gasteiger partial charge in [-0.15, -0.1) is 0 Å². The second-order valence-electron chi connectivity index (χ2n) is 3.90. The van der Waals surface area contributed by atoms with Gasteiger partial charge in [-0.05, 0) is 19.1 Å². The summed E-state index contributed by atoms with van der Waals surface area (Å²) in [7, 11) is 0. The van der Waals surface area contributed by atoms with Gasteiger partial charge in [0.15, 0.2) is 5.17 Å². The van der Waals surface area contributed by atoms with Crippen LogP contribution in [0.15, 0.2) is 29.3 Å². The first kappa shape index (κ1) is 11.2. The summed E-state index contributed by atoms with van der Waals surface area (Å²) < 4.78 is 0. The molecule has 0 spiro atoms. The van der Waals surface area contributed by atoms with Gasteiger partial charge in [-0.1, -0.05) is 36.4 Å². The summed E-state index contributed by atoms with van der Waals surface area (Å²) in [5.41, 5.74) is 1.77. The summed E-state index contributed by atoms with van der Waals surface area (Å²) in [6.45, 7) is 4.86. The fourth-order valence-electron chi connectivity index (χ4n) is 1.50. The molecule has 1 aromatic rings. The number of amidine groups is 1. The number of rotatable bonds is 1. The molecule has 0 radical (unpaired) electrons. The maximum atomic E-state index is 11.9. The molecule has 0 saturated carbocycles. The molecule has 1 heterocycles. The Hall–Kier alpha value is -1.29. The van der Waals surface area contributed by atoms with E-state index in [0.717, 1.165) is 17.3 Å². The molecule has 0 fully saturated rings. The van der Waals surface area contributed by atoms with Crippen LogP contribution in [-0.4, -0.2) is 22.9 Å². The Morgan fingerprint density at radius 2 is 2.38 bits per heavy atom. The van der Waals surface area contributed by atoms with Gasteiger partial charge in [0, 0.05) is 10.8 Å². The maximum Gasteiger partial charge on any atom is 0.257 e. The largest absolute Gasteiger partial charge is 0.301 e. The number of amides is 1. The van der Waals surface area contributed by atoms with Crippen LogP contribution in [0.1, 0.15) is 22.8 Å². The monoisotopic (exact) mass is 234 g/mol. The molecule has 1 aromatic carbocycles. The fraction of sp³-hybridized carbons (Fsp3) is 0.333. The van der Waals surface area contributed by atoms with E-state index in [-0.39, 0.29) is 5.91 Å². The van der Waals surface area contributed by atoms with E-state index in [1.165, 1.54) is 0 Å². The van der Waals surface area contributed by atoms with Crippen LogP contribution in [0.2, 0.25) is 0 Å². The van der Waals surface area contributed by atoms with Crippen molar-refractivity contribution in [2.45, 2.75) is 19.1 Å². The molecule has 1 N–H and O–H groups in total. The summed E-state index contributed by atoms with van der Waals surface area (Å²) >= 11 is 1.61. The van der Waals surface area contributed by atoms with E-state index in [1.54, 1.807) is 11.8 Å². The Morgan fingerprint density at radius 1 is 1.56 bits per heavy atom. The molecular formula is C12H14N2OS. The molecule has 0 aliphatic carbocycles. The van der Waals surface area contributed by atoms with Crippen molar-refractivity contribution in [1.29, 1.82) is 0 Å². The first-order valence-corrected chi connectivity index (χ1v) is 6.12. The predicted molar refractivity (Wildman–Crippen MR) is 68.0 cm³/mol. The van der Waals surface area contributed by atoms with Crippen molar-refractivity contribution < 1.29 is 4.79 Å². The normalized spacial score (nSPS) is 19.4. The molecular weight excluding hydrogens is 220 g/mol. The molecule has 84 valence electrons. The second-order valence-corrected chi connectivity index (χ2v) is 5.33. The number of nitrogens with one attached hydrogen (secondary N) is 1. The van der Waals surface area contributed by atoms with E-state index >= 15 is 0 Å². The number of thioether (sulfide) groups is 1. The molecule has 1 aliphatic rings. The molecule has 0 aromatic heterocycles. The number of benzene rings is 1. The summed E-state index contributed by atoms with van der Waals surface area (Å²) in [6, 6.07) is 7.54. The van der Waals surface area contributed by atoms with E-state index in [1.807, 2.05) is 31.2 Å². The minimum Gasteiger partial charge on any atom is -0.301 e. The number of nitrogens with zero attached hydrogens (tertiary/aromatic N) is 1. The highest BCUT2D eigenvalue weighted by atomic mass is 32.2. The van der Waals surface area contributed by atoms with Gasteiger partial charge >= 0.3 is 0 Å². The standard InChI is InChI=1S/C12H14N2OS/c1-8-4-3-5-10(6-8)11(15)14-12-13-7-9(2)16-12/h3-6,9H,7H2,1-2H3,(H,13,14,15). The second kappa shape index (κ2) is 4.70. The summed E-state index contributed by atoms with van der Waals surface area (Å²) in [5, 5.41) is 4.03. The van der Waals surface area contributed by atoms with Crippen molar-refractivity contribution in [3.63, 3.8) is 0 Å². The van der Waals surface area contributed by atoms with Crippen LogP contribution >= 0.6 is 11.8 Å². The predicted octanol–water partition coefficient (Wildman–Crippen LogP) is 2.22. The first-order valence-electron chi connectivity index (χ1n) is 5.24. The van der Waals surface area contributed by atoms with Gasteiger partial charge in [0.2, 0.25) is 0 Å². The highest BCUT2D eigenvalue weighted by Crippen LogP contribution is 2.18. The molecule has 3 nitrogen and oxygen atoms in total. The Bertz CT molecular complexity index is 442. The van der Waals surface area contributed by atoms with E-state index in [2.05, 4.69) is 17.2 Å². The lowest BCUT2D eigenvalue weighted by Crippen LogP contribution is -2.27. The molecule has 1 atom stereocenters. The Kier molecular flexibility index (Phi) is 3.29. The van der Waals surface area contributed by atoms with E-state index in [0.29, 0.717) is 10.8 Å².